The summed E-state index contributed by atoms with van der Waals surface area (Å²) in [6, 6.07) is 0. The van der Waals surface area contributed by atoms with Crippen LogP contribution in [0.5, 0.6) is 0 Å². The van der Waals surface area contributed by atoms with Crippen LogP contribution in [0, 0.1) is 5.92 Å². The first-order valence-electron chi connectivity index (χ1n) is 12.9. The third kappa shape index (κ3) is 6.29. The summed E-state index contributed by atoms with van der Waals surface area (Å²) in [4.78, 5) is 44.1. The smallest absolute Gasteiger partial charge is 0.371 e. The summed E-state index contributed by atoms with van der Waals surface area (Å²) < 4.78 is 18.0. The van der Waals surface area contributed by atoms with E-state index in [1.165, 1.54) is 0 Å². The van der Waals surface area contributed by atoms with Crippen LogP contribution >= 0.6 is 0 Å². The van der Waals surface area contributed by atoms with Crippen molar-refractivity contribution in [2.45, 2.75) is 90.7 Å². The molecule has 1 saturated carbocycles. The number of esters is 2. The Morgan fingerprint density at radius 2 is 1.41 bits per heavy atom. The zero-order valence-corrected chi connectivity index (χ0v) is 21.6. The van der Waals surface area contributed by atoms with Gasteiger partial charge in [0.05, 0.1) is 18.6 Å². The third-order valence-electron chi connectivity index (χ3n) is 6.98. The molecule has 3 fully saturated rings. The topological polar surface area (TPSA) is 88.6 Å². The van der Waals surface area contributed by atoms with Gasteiger partial charge in [-0.15, -0.1) is 0 Å². The van der Waals surface area contributed by atoms with Crippen molar-refractivity contribution in [2.75, 3.05) is 45.9 Å². The van der Waals surface area contributed by atoms with E-state index in [1.54, 1.807) is 6.92 Å². The Hall–Kier alpha value is -1.71. The van der Waals surface area contributed by atoms with Crippen LogP contribution in [0.3, 0.4) is 0 Å². The van der Waals surface area contributed by atoms with Crippen LogP contribution < -0.4 is 0 Å². The van der Waals surface area contributed by atoms with Gasteiger partial charge in [-0.2, -0.15) is 0 Å². The van der Waals surface area contributed by atoms with Crippen molar-refractivity contribution in [1.29, 1.82) is 0 Å². The zero-order chi connectivity index (χ0) is 24.9. The van der Waals surface area contributed by atoms with Gasteiger partial charge in [-0.1, -0.05) is 0 Å². The Kier molecular flexibility index (Phi) is 8.98. The predicted octanol–water partition coefficient (Wildman–Crippen LogP) is 2.38. The molecule has 0 N–H and O–H groups in total. The van der Waals surface area contributed by atoms with Crippen molar-refractivity contribution in [1.82, 2.24) is 14.7 Å². The number of nitrogens with zero attached hydrogens (tertiary/aromatic N) is 3. The van der Waals surface area contributed by atoms with E-state index in [0.717, 1.165) is 25.9 Å². The van der Waals surface area contributed by atoms with Crippen molar-refractivity contribution < 1.29 is 28.6 Å². The molecule has 3 rings (SSSR count). The highest BCUT2D eigenvalue weighted by Gasteiger charge is 2.56. The molecule has 2 saturated heterocycles. The standard InChI is InChI=1S/C25H43N3O6/c1-6-32-22(30)20-9-11-21(12-10-20)33-25(27-13-7-8-14-27,23(31)34-24(3,4)5)28-17-15-26(16-18-28)19(2)29/h20-21H,6-18H2,1-5H3/t20-,21-,25?. The lowest BCUT2D eigenvalue weighted by Crippen LogP contribution is -2.71. The summed E-state index contributed by atoms with van der Waals surface area (Å²) in [5, 5.41) is 0. The maximum absolute atomic E-state index is 13.9. The van der Waals surface area contributed by atoms with Gasteiger partial charge in [-0.05, 0) is 66.2 Å². The highest BCUT2D eigenvalue weighted by molar-refractivity contribution is 5.79. The molecule has 2 heterocycles. The lowest BCUT2D eigenvalue weighted by molar-refractivity contribution is -0.281. The predicted molar refractivity (Wildman–Crippen MR) is 127 cm³/mol. The number of likely N-dealkylation sites (tertiary alicyclic amines) is 1. The summed E-state index contributed by atoms with van der Waals surface area (Å²) in [5.41, 5.74) is -0.659. The third-order valence-corrected chi connectivity index (χ3v) is 6.98. The second-order valence-corrected chi connectivity index (χ2v) is 10.6. The minimum absolute atomic E-state index is 0.0434. The Morgan fingerprint density at radius 3 is 1.91 bits per heavy atom. The van der Waals surface area contributed by atoms with Crippen LogP contribution in [-0.4, -0.2) is 96.0 Å². The summed E-state index contributed by atoms with van der Waals surface area (Å²) >= 11 is 0. The molecule has 2 aliphatic heterocycles. The molecule has 194 valence electrons. The molecular formula is C25H43N3O6. The average Bonchev–Trinajstić information content (AvgIpc) is 3.32. The fourth-order valence-electron chi connectivity index (χ4n) is 5.25. The van der Waals surface area contributed by atoms with E-state index in [9.17, 15) is 14.4 Å². The van der Waals surface area contributed by atoms with E-state index in [1.807, 2.05) is 32.6 Å². The van der Waals surface area contributed by atoms with Crippen LogP contribution in [0.15, 0.2) is 0 Å². The molecule has 1 atom stereocenters. The van der Waals surface area contributed by atoms with E-state index >= 15 is 0 Å². The Balaban J connectivity index is 1.85. The quantitative estimate of drug-likeness (QED) is 0.512. The highest BCUT2D eigenvalue weighted by atomic mass is 16.6. The second kappa shape index (κ2) is 11.4. The first-order valence-corrected chi connectivity index (χ1v) is 12.9. The van der Waals surface area contributed by atoms with E-state index in [2.05, 4.69) is 9.80 Å². The molecule has 1 aliphatic carbocycles. The molecule has 1 unspecified atom stereocenters. The summed E-state index contributed by atoms with van der Waals surface area (Å²) in [6.45, 7) is 13.1. The zero-order valence-electron chi connectivity index (χ0n) is 21.6. The van der Waals surface area contributed by atoms with Gasteiger partial charge in [0, 0.05) is 46.2 Å². The molecule has 0 bridgehead atoms. The van der Waals surface area contributed by atoms with Gasteiger partial charge in [0.15, 0.2) is 0 Å². The monoisotopic (exact) mass is 481 g/mol. The van der Waals surface area contributed by atoms with Gasteiger partial charge in [-0.25, -0.2) is 9.69 Å². The van der Waals surface area contributed by atoms with Crippen molar-refractivity contribution in [2.24, 2.45) is 5.92 Å². The molecule has 34 heavy (non-hydrogen) atoms. The number of rotatable bonds is 7. The molecule has 0 spiro atoms. The van der Waals surface area contributed by atoms with Gasteiger partial charge < -0.3 is 19.1 Å². The number of piperazine rings is 1. The summed E-state index contributed by atoms with van der Waals surface area (Å²) in [6.07, 6.45) is 4.58. The highest BCUT2D eigenvalue weighted by Crippen LogP contribution is 2.36. The van der Waals surface area contributed by atoms with Crippen molar-refractivity contribution in [3.05, 3.63) is 0 Å². The average molecular weight is 482 g/mol. The Labute approximate surface area is 204 Å². The number of carbonyl (C=O) groups excluding carboxylic acids is 3. The SMILES string of the molecule is CCOC(=O)[C@H]1CC[C@H](OC(C(=O)OC(C)(C)C)(N2CCCC2)N2CCN(C(C)=O)CC2)CC1. The van der Waals surface area contributed by atoms with E-state index in [4.69, 9.17) is 14.2 Å². The number of ether oxygens (including phenoxy) is 3. The largest absolute Gasteiger partial charge is 0.466 e. The molecule has 1 amide bonds. The van der Waals surface area contributed by atoms with Gasteiger partial charge in [0.25, 0.3) is 5.85 Å². The minimum Gasteiger partial charge on any atom is -0.466 e. The van der Waals surface area contributed by atoms with E-state index in [0.29, 0.717) is 58.5 Å². The van der Waals surface area contributed by atoms with Crippen molar-refractivity contribution in [3.63, 3.8) is 0 Å². The molecule has 9 nitrogen and oxygen atoms in total. The molecule has 9 heteroatoms. The van der Waals surface area contributed by atoms with E-state index < -0.39 is 11.4 Å². The van der Waals surface area contributed by atoms with Gasteiger partial charge >= 0.3 is 11.9 Å². The van der Waals surface area contributed by atoms with Crippen molar-refractivity contribution >= 4 is 17.8 Å². The van der Waals surface area contributed by atoms with Gasteiger partial charge in [0.2, 0.25) is 5.91 Å². The molecule has 3 aliphatic rings. The van der Waals surface area contributed by atoms with Gasteiger partial charge in [-0.3, -0.25) is 14.5 Å². The van der Waals surface area contributed by atoms with E-state index in [-0.39, 0.29) is 29.9 Å². The number of amides is 1. The summed E-state index contributed by atoms with van der Waals surface area (Å²) in [5.74, 6) is -1.91. The summed E-state index contributed by atoms with van der Waals surface area (Å²) in [7, 11) is 0. The maximum Gasteiger partial charge on any atom is 0.371 e. The fourth-order valence-corrected chi connectivity index (χ4v) is 5.25. The normalized spacial score (nSPS) is 26.7. The van der Waals surface area contributed by atoms with Crippen LogP contribution in [0.25, 0.3) is 0 Å². The fraction of sp³-hybridized carbons (Fsp3) is 0.880. The van der Waals surface area contributed by atoms with Gasteiger partial charge in [0.1, 0.15) is 5.60 Å². The molecule has 0 aromatic carbocycles. The van der Waals surface area contributed by atoms with Crippen molar-refractivity contribution in [3.8, 4) is 0 Å². The Morgan fingerprint density at radius 1 is 0.853 bits per heavy atom. The van der Waals surface area contributed by atoms with Crippen LogP contribution in [0.2, 0.25) is 0 Å². The van der Waals surface area contributed by atoms with Crippen LogP contribution in [0.4, 0.5) is 0 Å². The van der Waals surface area contributed by atoms with Crippen LogP contribution in [0.1, 0.15) is 73.1 Å². The second-order valence-electron chi connectivity index (χ2n) is 10.6. The lowest BCUT2D eigenvalue weighted by Gasteiger charge is -2.51. The molecular weight excluding hydrogens is 438 g/mol. The maximum atomic E-state index is 13.9. The van der Waals surface area contributed by atoms with Crippen LogP contribution in [-0.2, 0) is 28.6 Å². The number of hydrogen-bond donors (Lipinski definition) is 0. The molecule has 0 aromatic rings. The first-order chi connectivity index (χ1) is 16.1. The lowest BCUT2D eigenvalue weighted by atomic mass is 9.87. The Bertz CT molecular complexity index is 717. The number of carbonyl (C=O) groups is 3. The minimum atomic E-state index is -1.33. The number of hydrogen-bond acceptors (Lipinski definition) is 8. The molecule has 0 aromatic heterocycles. The molecule has 0 radical (unpaired) electrons. The first kappa shape index (κ1) is 26.9.